The van der Waals surface area contributed by atoms with Gasteiger partial charge in [-0.2, -0.15) is 0 Å². The van der Waals surface area contributed by atoms with Crippen LogP contribution in [0.4, 0.5) is 10.1 Å². The van der Waals surface area contributed by atoms with Crippen LogP contribution in [0.2, 0.25) is 0 Å². The highest BCUT2D eigenvalue weighted by molar-refractivity contribution is 6.05. The fourth-order valence-electron chi connectivity index (χ4n) is 1.63. The van der Waals surface area contributed by atoms with E-state index in [1.807, 2.05) is 6.92 Å². The molecule has 0 aliphatic heterocycles. The zero-order valence-corrected chi connectivity index (χ0v) is 11.2. The average molecular weight is 283 g/mol. The summed E-state index contributed by atoms with van der Waals surface area (Å²) < 4.78 is 18.8. The quantitative estimate of drug-likeness (QED) is 0.233. The molecule has 0 radical (unpaired) electrons. The molecule has 0 atom stereocenters. The van der Waals surface area contributed by atoms with Crippen LogP contribution in [0.25, 0.3) is 0 Å². The molecule has 7 heteroatoms. The van der Waals surface area contributed by atoms with Gasteiger partial charge in [0.1, 0.15) is 5.82 Å². The van der Waals surface area contributed by atoms with Crippen molar-refractivity contribution in [3.63, 3.8) is 0 Å². The molecule has 0 saturated carbocycles. The van der Waals surface area contributed by atoms with Crippen LogP contribution in [0, 0.1) is 5.82 Å². The first-order valence-corrected chi connectivity index (χ1v) is 6.24. The van der Waals surface area contributed by atoms with Crippen LogP contribution >= 0.6 is 0 Å². The van der Waals surface area contributed by atoms with Crippen LogP contribution in [0.1, 0.15) is 25.3 Å². The Hall–Kier alpha value is -2.15. The molecule has 0 saturated heterocycles. The second-order valence-electron chi connectivity index (χ2n) is 4.00. The van der Waals surface area contributed by atoms with E-state index in [2.05, 4.69) is 10.5 Å². The van der Waals surface area contributed by atoms with E-state index in [0.29, 0.717) is 19.6 Å². The molecule has 0 aliphatic carbocycles. The van der Waals surface area contributed by atoms with Crippen molar-refractivity contribution < 1.29 is 19.1 Å². The van der Waals surface area contributed by atoms with Crippen LogP contribution in [-0.2, 0) is 9.53 Å². The minimum Gasteiger partial charge on any atom is -0.409 e. The van der Waals surface area contributed by atoms with Crippen LogP contribution in [-0.4, -0.2) is 30.2 Å². The number of anilines is 1. The number of amidine groups is 1. The fourth-order valence-corrected chi connectivity index (χ4v) is 1.63. The number of carbonyl (C=O) groups excluding carboxylic acids is 1. The number of amides is 1. The van der Waals surface area contributed by atoms with E-state index in [1.165, 1.54) is 12.1 Å². The number of nitrogens with two attached hydrogens (primary N) is 1. The van der Waals surface area contributed by atoms with Crippen molar-refractivity contribution in [1.29, 1.82) is 0 Å². The molecule has 1 aromatic rings. The summed E-state index contributed by atoms with van der Waals surface area (Å²) in [7, 11) is 0. The maximum Gasteiger partial charge on any atom is 0.224 e. The summed E-state index contributed by atoms with van der Waals surface area (Å²) in [5.74, 6) is -1.36. The summed E-state index contributed by atoms with van der Waals surface area (Å²) in [6, 6.07) is 4.08. The van der Waals surface area contributed by atoms with Gasteiger partial charge in [0.05, 0.1) is 11.3 Å². The second-order valence-corrected chi connectivity index (χ2v) is 4.00. The smallest absolute Gasteiger partial charge is 0.224 e. The molecule has 0 spiro atoms. The first kappa shape index (κ1) is 15.9. The van der Waals surface area contributed by atoms with Gasteiger partial charge < -0.3 is 21.0 Å². The number of benzene rings is 1. The molecule has 0 unspecified atom stereocenters. The van der Waals surface area contributed by atoms with Gasteiger partial charge in [0.15, 0.2) is 5.84 Å². The summed E-state index contributed by atoms with van der Waals surface area (Å²) in [4.78, 5) is 11.7. The van der Waals surface area contributed by atoms with E-state index in [1.54, 1.807) is 0 Å². The molecule has 1 amide bonds. The lowest BCUT2D eigenvalue weighted by molar-refractivity contribution is -0.116. The minimum absolute atomic E-state index is 0.131. The highest BCUT2D eigenvalue weighted by Gasteiger charge is 2.14. The summed E-state index contributed by atoms with van der Waals surface area (Å²) in [5.41, 5.74) is 5.44. The van der Waals surface area contributed by atoms with Crippen molar-refractivity contribution in [1.82, 2.24) is 0 Å². The average Bonchev–Trinajstić information content (AvgIpc) is 2.43. The van der Waals surface area contributed by atoms with Gasteiger partial charge in [-0.05, 0) is 25.5 Å². The normalized spacial score (nSPS) is 11.4. The molecule has 6 nitrogen and oxygen atoms in total. The minimum atomic E-state index is -0.674. The molecule has 1 rings (SSSR count). The zero-order valence-electron chi connectivity index (χ0n) is 11.2. The lowest BCUT2D eigenvalue weighted by atomic mass is 10.1. The molecule has 0 aliphatic rings. The lowest BCUT2D eigenvalue weighted by Crippen LogP contribution is -2.20. The number of halogens is 1. The summed E-state index contributed by atoms with van der Waals surface area (Å²) >= 11 is 0. The highest BCUT2D eigenvalue weighted by atomic mass is 19.1. The van der Waals surface area contributed by atoms with Crippen molar-refractivity contribution in [2.24, 2.45) is 10.9 Å². The molecule has 110 valence electrons. The largest absolute Gasteiger partial charge is 0.409 e. The fraction of sp³-hybridized carbons (Fsp3) is 0.385. The third kappa shape index (κ3) is 4.51. The number of nitrogens with one attached hydrogen (secondary N) is 1. The lowest BCUT2D eigenvalue weighted by Gasteiger charge is -2.11. The maximum absolute atomic E-state index is 13.6. The van der Waals surface area contributed by atoms with E-state index in [0.717, 1.165) is 6.07 Å². The van der Waals surface area contributed by atoms with Crippen LogP contribution < -0.4 is 11.1 Å². The summed E-state index contributed by atoms with van der Waals surface area (Å²) in [6.45, 7) is 2.95. The van der Waals surface area contributed by atoms with Crippen molar-refractivity contribution >= 4 is 17.4 Å². The molecule has 0 fully saturated rings. The second kappa shape index (κ2) is 8.11. The van der Waals surface area contributed by atoms with E-state index in [9.17, 15) is 9.18 Å². The third-order valence-corrected chi connectivity index (χ3v) is 2.55. The van der Waals surface area contributed by atoms with Gasteiger partial charge in [0.2, 0.25) is 5.91 Å². The van der Waals surface area contributed by atoms with Crippen molar-refractivity contribution in [3.8, 4) is 0 Å². The number of nitrogens with zero attached hydrogens (tertiary/aromatic N) is 1. The molecule has 0 bridgehead atoms. The number of hydrogen-bond acceptors (Lipinski definition) is 4. The Balaban J connectivity index is 2.72. The van der Waals surface area contributed by atoms with Gasteiger partial charge in [-0.1, -0.05) is 11.2 Å². The Kier molecular flexibility index (Phi) is 6.45. The number of hydrogen-bond donors (Lipinski definition) is 3. The van der Waals surface area contributed by atoms with Crippen LogP contribution in [0.3, 0.4) is 0 Å². The van der Waals surface area contributed by atoms with Crippen molar-refractivity contribution in [2.45, 2.75) is 19.8 Å². The van der Waals surface area contributed by atoms with Gasteiger partial charge in [-0.25, -0.2) is 4.39 Å². The Bertz CT molecular complexity index is 492. The molecular weight excluding hydrogens is 265 g/mol. The van der Waals surface area contributed by atoms with Gasteiger partial charge >= 0.3 is 0 Å². The number of oxime groups is 1. The monoisotopic (exact) mass is 283 g/mol. The maximum atomic E-state index is 13.6. The molecular formula is C13H18FN3O3. The van der Waals surface area contributed by atoms with E-state index < -0.39 is 11.7 Å². The third-order valence-electron chi connectivity index (χ3n) is 2.55. The van der Waals surface area contributed by atoms with Gasteiger partial charge in [0.25, 0.3) is 0 Å². The van der Waals surface area contributed by atoms with Crippen LogP contribution in [0.5, 0.6) is 0 Å². The standard InChI is InChI=1S/C13H18FN3O3/c1-2-20-8-4-7-11(18)16-10-6-3-5-9(14)12(10)13(15)17-19/h3,5-6,19H,2,4,7-8H2,1H3,(H2,15,17)(H,16,18). The SMILES string of the molecule is CCOCCCC(=O)Nc1cccc(F)c1/C(N)=N/O. The number of ether oxygens (including phenoxy) is 1. The molecule has 0 heterocycles. The van der Waals surface area contributed by atoms with E-state index in [-0.39, 0.29) is 23.6 Å². The summed E-state index contributed by atoms with van der Waals surface area (Å²) in [6.07, 6.45) is 0.806. The predicted molar refractivity (Wildman–Crippen MR) is 73.3 cm³/mol. The molecule has 0 aromatic heterocycles. The van der Waals surface area contributed by atoms with Crippen molar-refractivity contribution in [2.75, 3.05) is 18.5 Å². The van der Waals surface area contributed by atoms with E-state index in [4.69, 9.17) is 15.7 Å². The molecule has 20 heavy (non-hydrogen) atoms. The summed E-state index contributed by atoms with van der Waals surface area (Å²) in [5, 5.41) is 13.9. The highest BCUT2D eigenvalue weighted by Crippen LogP contribution is 2.19. The van der Waals surface area contributed by atoms with Gasteiger partial charge in [-0.15, -0.1) is 0 Å². The molecule has 1 aromatic carbocycles. The van der Waals surface area contributed by atoms with E-state index >= 15 is 0 Å². The Morgan fingerprint density at radius 2 is 2.30 bits per heavy atom. The number of carbonyl (C=O) groups is 1. The van der Waals surface area contributed by atoms with Gasteiger partial charge in [0, 0.05) is 19.6 Å². The molecule has 4 N–H and O–H groups in total. The number of rotatable bonds is 7. The van der Waals surface area contributed by atoms with Gasteiger partial charge in [-0.3, -0.25) is 4.79 Å². The Morgan fingerprint density at radius 3 is 2.95 bits per heavy atom. The van der Waals surface area contributed by atoms with Crippen LogP contribution in [0.15, 0.2) is 23.4 Å². The first-order valence-electron chi connectivity index (χ1n) is 6.24. The Labute approximate surface area is 116 Å². The van der Waals surface area contributed by atoms with Crippen molar-refractivity contribution in [3.05, 3.63) is 29.6 Å². The Morgan fingerprint density at radius 1 is 1.55 bits per heavy atom. The first-order chi connectivity index (χ1) is 9.60. The predicted octanol–water partition coefficient (Wildman–Crippen LogP) is 1.68. The zero-order chi connectivity index (χ0) is 15.0. The topological polar surface area (TPSA) is 96.9 Å².